The van der Waals surface area contributed by atoms with Crippen LogP contribution in [0.1, 0.15) is 65.2 Å². The number of fused-ring (bicyclic) bond motifs is 3. The molecule has 0 heterocycles. The number of aliphatic hydroxyl groups is 1. The van der Waals surface area contributed by atoms with E-state index in [2.05, 4.69) is 6.92 Å². The summed E-state index contributed by atoms with van der Waals surface area (Å²) in [5.41, 5.74) is -0.680. The van der Waals surface area contributed by atoms with Gasteiger partial charge in [-0.05, 0) is 86.4 Å². The highest BCUT2D eigenvalue weighted by Gasteiger charge is 2.68. The zero-order valence-electron chi connectivity index (χ0n) is 16.4. The first kappa shape index (κ1) is 18.9. The highest BCUT2D eigenvalue weighted by molar-refractivity contribution is 7.84. The molecule has 0 aliphatic heterocycles. The molecule has 2 bridgehead atoms. The third-order valence-corrected chi connectivity index (χ3v) is 10.3. The fraction of sp³-hybridized carbons (Fsp3) is 0.952. The van der Waals surface area contributed by atoms with Crippen molar-refractivity contribution in [2.75, 3.05) is 12.0 Å². The van der Waals surface area contributed by atoms with Gasteiger partial charge in [0.15, 0.2) is 0 Å². The molecule has 0 saturated heterocycles. The Morgan fingerprint density at radius 1 is 1.12 bits per heavy atom. The minimum absolute atomic E-state index is 0.0135. The molecule has 5 saturated carbocycles. The zero-order valence-corrected chi connectivity index (χ0v) is 17.2. The van der Waals surface area contributed by atoms with Gasteiger partial charge in [0.1, 0.15) is 0 Å². The highest BCUT2D eigenvalue weighted by Crippen LogP contribution is 2.72. The maximum atomic E-state index is 12.1. The van der Waals surface area contributed by atoms with Gasteiger partial charge in [0, 0.05) is 22.8 Å². The molecule has 5 rings (SSSR count). The maximum Gasteiger partial charge on any atom is 0.309 e. The van der Waals surface area contributed by atoms with Gasteiger partial charge in [-0.3, -0.25) is 9.00 Å². The molecule has 5 heteroatoms. The number of hydrogen-bond acceptors (Lipinski definition) is 3. The Hall–Kier alpha value is -0.420. The molecular formula is C21H34O4S. The van der Waals surface area contributed by atoms with Crippen LogP contribution in [0.3, 0.4) is 0 Å². The second-order valence-corrected chi connectivity index (χ2v) is 11.8. The molecule has 0 aromatic rings. The van der Waals surface area contributed by atoms with E-state index in [0.29, 0.717) is 17.6 Å². The highest BCUT2D eigenvalue weighted by atomic mass is 32.2. The molecule has 4 nitrogen and oxygen atoms in total. The summed E-state index contributed by atoms with van der Waals surface area (Å²) in [6.07, 6.45) is 9.42. The Labute approximate surface area is 159 Å². The lowest BCUT2D eigenvalue weighted by Crippen LogP contribution is -2.67. The van der Waals surface area contributed by atoms with Crippen molar-refractivity contribution in [2.45, 2.75) is 71.3 Å². The van der Waals surface area contributed by atoms with Crippen LogP contribution in [0.5, 0.6) is 0 Å². The van der Waals surface area contributed by atoms with Gasteiger partial charge >= 0.3 is 5.97 Å². The molecule has 0 amide bonds. The fourth-order valence-corrected chi connectivity index (χ4v) is 9.23. The standard InChI is InChI=1S/C21H34O4S/c1-19-7-4-8-20(2,18(23)24)15(19)6-10-21-9-5-13(11-16(19)21)14(17(21)22)12-26(3)25/h13-17,22H,4-12H2,1-3H3,(H,23,24)/t13-,14+,15-,16-,17+,19+,20+,21-,26?/m0/s1. The third-order valence-electron chi connectivity index (χ3n) is 9.40. The monoisotopic (exact) mass is 382 g/mol. The van der Waals surface area contributed by atoms with Gasteiger partial charge in [0.25, 0.3) is 0 Å². The summed E-state index contributed by atoms with van der Waals surface area (Å²) in [5.74, 6) is 1.23. The first-order chi connectivity index (χ1) is 12.1. The molecule has 148 valence electrons. The van der Waals surface area contributed by atoms with E-state index in [0.717, 1.165) is 51.4 Å². The Balaban J connectivity index is 1.71. The molecule has 2 N–H and O–H groups in total. The van der Waals surface area contributed by atoms with Crippen molar-refractivity contribution < 1.29 is 19.2 Å². The van der Waals surface area contributed by atoms with E-state index in [-0.39, 0.29) is 28.8 Å². The van der Waals surface area contributed by atoms with Gasteiger partial charge < -0.3 is 10.2 Å². The van der Waals surface area contributed by atoms with Gasteiger partial charge in [0.05, 0.1) is 11.5 Å². The summed E-state index contributed by atoms with van der Waals surface area (Å²) in [5, 5.41) is 21.4. The van der Waals surface area contributed by atoms with Crippen molar-refractivity contribution in [3.8, 4) is 0 Å². The van der Waals surface area contributed by atoms with Crippen molar-refractivity contribution in [1.82, 2.24) is 0 Å². The first-order valence-electron chi connectivity index (χ1n) is 10.4. The number of rotatable bonds is 3. The number of carbonyl (C=O) groups is 1. The predicted octanol–water partition coefficient (Wildman–Crippen LogP) is 3.45. The Bertz CT molecular complexity index is 636. The van der Waals surface area contributed by atoms with Crippen molar-refractivity contribution in [1.29, 1.82) is 0 Å². The third kappa shape index (κ3) is 2.35. The van der Waals surface area contributed by atoms with Gasteiger partial charge in [-0.25, -0.2) is 0 Å². The molecule has 5 fully saturated rings. The fourth-order valence-electron chi connectivity index (χ4n) is 8.23. The predicted molar refractivity (Wildman–Crippen MR) is 102 cm³/mol. The van der Waals surface area contributed by atoms with Crippen molar-refractivity contribution >= 4 is 16.8 Å². The first-order valence-corrected chi connectivity index (χ1v) is 12.1. The Morgan fingerprint density at radius 2 is 1.81 bits per heavy atom. The van der Waals surface area contributed by atoms with Crippen LogP contribution >= 0.6 is 0 Å². The van der Waals surface area contributed by atoms with E-state index in [9.17, 15) is 19.2 Å². The molecule has 0 radical (unpaired) electrons. The van der Waals surface area contributed by atoms with Crippen LogP contribution < -0.4 is 0 Å². The average molecular weight is 383 g/mol. The molecule has 1 unspecified atom stereocenters. The quantitative estimate of drug-likeness (QED) is 0.784. The van der Waals surface area contributed by atoms with Crippen LogP contribution in [0.2, 0.25) is 0 Å². The molecule has 1 spiro atoms. The largest absolute Gasteiger partial charge is 0.481 e. The minimum Gasteiger partial charge on any atom is -0.481 e. The summed E-state index contributed by atoms with van der Waals surface area (Å²) >= 11 is 0. The van der Waals surface area contributed by atoms with Gasteiger partial charge in [-0.2, -0.15) is 0 Å². The number of carboxylic acids is 1. The summed E-state index contributed by atoms with van der Waals surface area (Å²) < 4.78 is 11.9. The van der Waals surface area contributed by atoms with Crippen molar-refractivity contribution in [2.24, 2.45) is 39.9 Å². The average Bonchev–Trinajstić information content (AvgIpc) is 2.57. The number of carboxylic acid groups (broad SMARTS) is 1. The van der Waals surface area contributed by atoms with Crippen LogP contribution in [0, 0.1) is 39.9 Å². The van der Waals surface area contributed by atoms with E-state index in [1.54, 1.807) is 6.26 Å². The second-order valence-electron chi connectivity index (χ2n) is 10.3. The molecular weight excluding hydrogens is 348 g/mol. The molecule has 5 aliphatic rings. The Kier molecular flexibility index (Phi) is 4.39. The second kappa shape index (κ2) is 6.04. The Morgan fingerprint density at radius 3 is 2.46 bits per heavy atom. The number of aliphatic hydroxyl groups excluding tert-OH is 1. The van der Waals surface area contributed by atoms with Gasteiger partial charge in [-0.1, -0.05) is 13.3 Å². The summed E-state index contributed by atoms with van der Waals surface area (Å²) in [4.78, 5) is 12.1. The van der Waals surface area contributed by atoms with E-state index in [4.69, 9.17) is 0 Å². The number of hydrogen-bond donors (Lipinski definition) is 2. The lowest BCUT2D eigenvalue weighted by Gasteiger charge is -2.69. The summed E-state index contributed by atoms with van der Waals surface area (Å²) in [7, 11) is -0.876. The van der Waals surface area contributed by atoms with Gasteiger partial charge in [-0.15, -0.1) is 0 Å². The van der Waals surface area contributed by atoms with E-state index >= 15 is 0 Å². The van der Waals surface area contributed by atoms with Gasteiger partial charge in [0.2, 0.25) is 0 Å². The molecule has 0 aromatic heterocycles. The minimum atomic E-state index is -0.876. The van der Waals surface area contributed by atoms with Crippen LogP contribution in [0.25, 0.3) is 0 Å². The zero-order chi connectivity index (χ0) is 18.9. The van der Waals surface area contributed by atoms with Crippen LogP contribution in [0.15, 0.2) is 0 Å². The number of aliphatic carboxylic acids is 1. The topological polar surface area (TPSA) is 74.6 Å². The molecule has 5 aliphatic carbocycles. The van der Waals surface area contributed by atoms with Crippen molar-refractivity contribution in [3.05, 3.63) is 0 Å². The SMILES string of the molecule is CS(=O)C[C@@H]1[C@H]2CC[C@@]3(CC[C@H]4[C@@](C)(CCC[C@@]4(C)C(=O)O)[C@@H]3C2)[C@@H]1O. The van der Waals surface area contributed by atoms with E-state index in [1.807, 2.05) is 6.92 Å². The van der Waals surface area contributed by atoms with Crippen LogP contribution in [0.4, 0.5) is 0 Å². The molecule has 26 heavy (non-hydrogen) atoms. The van der Waals surface area contributed by atoms with Crippen LogP contribution in [-0.2, 0) is 15.6 Å². The summed E-state index contributed by atoms with van der Waals surface area (Å²) in [6, 6.07) is 0. The lowest BCUT2D eigenvalue weighted by atomic mass is 9.35. The normalized spacial score (nSPS) is 54.2. The maximum absolute atomic E-state index is 12.1. The lowest BCUT2D eigenvalue weighted by molar-refractivity contribution is -0.241. The van der Waals surface area contributed by atoms with E-state index < -0.39 is 22.2 Å². The molecule has 9 atom stereocenters. The van der Waals surface area contributed by atoms with Crippen LogP contribution in [-0.4, -0.2) is 38.5 Å². The summed E-state index contributed by atoms with van der Waals surface area (Å²) in [6.45, 7) is 4.31. The molecule has 0 aromatic carbocycles. The van der Waals surface area contributed by atoms with E-state index in [1.165, 1.54) is 0 Å². The smallest absolute Gasteiger partial charge is 0.309 e. The van der Waals surface area contributed by atoms with Crippen molar-refractivity contribution in [3.63, 3.8) is 0 Å².